The zero-order chi connectivity index (χ0) is 16.4. The number of carbonyl (C=O) groups is 1. The van der Waals surface area contributed by atoms with Crippen molar-refractivity contribution in [1.29, 1.82) is 0 Å². The van der Waals surface area contributed by atoms with Crippen LogP contribution in [0.5, 0.6) is 0 Å². The van der Waals surface area contributed by atoms with Crippen molar-refractivity contribution in [2.24, 2.45) is 0 Å². The average molecular weight is 327 g/mol. The van der Waals surface area contributed by atoms with Crippen molar-refractivity contribution in [3.63, 3.8) is 0 Å². The van der Waals surface area contributed by atoms with E-state index in [0.717, 1.165) is 62.2 Å². The summed E-state index contributed by atoms with van der Waals surface area (Å²) in [5.74, 6) is 1.12. The van der Waals surface area contributed by atoms with E-state index in [2.05, 4.69) is 10.6 Å². The molecule has 2 aromatic rings. The molecule has 1 unspecified atom stereocenters. The number of imidazole rings is 1. The van der Waals surface area contributed by atoms with Crippen LogP contribution in [0.15, 0.2) is 24.3 Å². The minimum Gasteiger partial charge on any atom is -0.370 e. The van der Waals surface area contributed by atoms with Gasteiger partial charge in [-0.1, -0.05) is 25.0 Å². The maximum absolute atomic E-state index is 12.9. The normalized spacial score (nSPS) is 22.0. The van der Waals surface area contributed by atoms with E-state index in [9.17, 15) is 4.79 Å². The third kappa shape index (κ3) is 3.05. The molecule has 1 aromatic carbocycles. The Balaban J connectivity index is 1.64. The first kappa shape index (κ1) is 15.6. The maximum Gasteiger partial charge on any atom is 0.242 e. The number of hydrogen-bond acceptors (Lipinski definition) is 3. The van der Waals surface area contributed by atoms with Gasteiger partial charge in [-0.2, -0.15) is 0 Å². The van der Waals surface area contributed by atoms with Gasteiger partial charge in [0.25, 0.3) is 0 Å². The predicted molar refractivity (Wildman–Crippen MR) is 92.7 cm³/mol. The fourth-order valence-corrected chi connectivity index (χ4v) is 3.84. The van der Waals surface area contributed by atoms with Gasteiger partial charge in [-0.05, 0) is 37.8 Å². The number of amides is 1. The highest BCUT2D eigenvalue weighted by Gasteiger charge is 2.26. The molecule has 1 amide bonds. The Kier molecular flexibility index (Phi) is 4.52. The number of carbonyl (C=O) groups excluding carboxylic acids is 1. The molecule has 3 heterocycles. The summed E-state index contributed by atoms with van der Waals surface area (Å²) in [6, 6.07) is 8.07. The van der Waals surface area contributed by atoms with Gasteiger partial charge in [0.15, 0.2) is 0 Å². The molecule has 1 aromatic heterocycles. The summed E-state index contributed by atoms with van der Waals surface area (Å²) in [5, 5.41) is 0. The molecule has 24 heavy (non-hydrogen) atoms. The number of ether oxygens (including phenoxy) is 1. The SMILES string of the molecule is O=C(Cn1c(C2CCCO2)nc2ccccc21)N1CCCCCC1. The third-order valence-corrected chi connectivity index (χ3v) is 5.15. The highest BCUT2D eigenvalue weighted by molar-refractivity contribution is 5.81. The summed E-state index contributed by atoms with van der Waals surface area (Å²) < 4.78 is 7.93. The molecule has 1 atom stereocenters. The number of rotatable bonds is 3. The lowest BCUT2D eigenvalue weighted by Gasteiger charge is -2.22. The van der Waals surface area contributed by atoms with Crippen LogP contribution in [-0.4, -0.2) is 40.1 Å². The first-order chi connectivity index (χ1) is 11.8. The Labute approximate surface area is 142 Å². The van der Waals surface area contributed by atoms with Crippen molar-refractivity contribution in [3.8, 4) is 0 Å². The van der Waals surface area contributed by atoms with Crippen LogP contribution < -0.4 is 0 Å². The number of likely N-dealkylation sites (tertiary alicyclic amines) is 1. The fraction of sp³-hybridized carbons (Fsp3) is 0.579. The van der Waals surface area contributed by atoms with Crippen molar-refractivity contribution in [2.45, 2.75) is 51.2 Å². The smallest absolute Gasteiger partial charge is 0.242 e. The topological polar surface area (TPSA) is 47.4 Å². The second-order valence-corrected chi connectivity index (χ2v) is 6.84. The molecule has 2 saturated heterocycles. The summed E-state index contributed by atoms with van der Waals surface area (Å²) in [7, 11) is 0. The van der Waals surface area contributed by atoms with Crippen molar-refractivity contribution >= 4 is 16.9 Å². The van der Waals surface area contributed by atoms with Gasteiger partial charge in [0.05, 0.1) is 11.0 Å². The quantitative estimate of drug-likeness (QED) is 0.869. The van der Waals surface area contributed by atoms with Gasteiger partial charge in [-0.3, -0.25) is 4.79 Å². The van der Waals surface area contributed by atoms with Crippen LogP contribution in [0.2, 0.25) is 0 Å². The van der Waals surface area contributed by atoms with Gasteiger partial charge in [-0.15, -0.1) is 0 Å². The van der Waals surface area contributed by atoms with Crippen LogP contribution in [0.3, 0.4) is 0 Å². The number of aromatic nitrogens is 2. The summed E-state index contributed by atoms with van der Waals surface area (Å²) in [6.07, 6.45) is 6.78. The highest BCUT2D eigenvalue weighted by atomic mass is 16.5. The predicted octanol–water partition coefficient (Wildman–Crippen LogP) is 3.29. The van der Waals surface area contributed by atoms with Gasteiger partial charge in [0.1, 0.15) is 18.5 Å². The number of para-hydroxylation sites is 2. The van der Waals surface area contributed by atoms with Crippen LogP contribution >= 0.6 is 0 Å². The minimum absolute atomic E-state index is 0.0225. The van der Waals surface area contributed by atoms with Gasteiger partial charge in [-0.25, -0.2) is 4.98 Å². The molecule has 0 radical (unpaired) electrons. The van der Waals surface area contributed by atoms with Gasteiger partial charge >= 0.3 is 0 Å². The number of nitrogens with zero attached hydrogens (tertiary/aromatic N) is 3. The molecule has 2 aliphatic rings. The van der Waals surface area contributed by atoms with Crippen LogP contribution in [0.25, 0.3) is 11.0 Å². The monoisotopic (exact) mass is 327 g/mol. The molecule has 0 N–H and O–H groups in total. The fourth-order valence-electron chi connectivity index (χ4n) is 3.84. The molecule has 2 fully saturated rings. The number of benzene rings is 1. The molecule has 5 heteroatoms. The lowest BCUT2D eigenvalue weighted by Crippen LogP contribution is -2.35. The van der Waals surface area contributed by atoms with Crippen LogP contribution in [0, 0.1) is 0 Å². The van der Waals surface area contributed by atoms with Crippen LogP contribution in [0.1, 0.15) is 50.5 Å². The van der Waals surface area contributed by atoms with E-state index in [0.29, 0.717) is 6.54 Å². The molecular formula is C19H25N3O2. The second kappa shape index (κ2) is 6.93. The molecule has 0 spiro atoms. The zero-order valence-corrected chi connectivity index (χ0v) is 14.1. The van der Waals surface area contributed by atoms with E-state index >= 15 is 0 Å². The van der Waals surface area contributed by atoms with E-state index in [4.69, 9.17) is 9.72 Å². The molecule has 128 valence electrons. The van der Waals surface area contributed by atoms with E-state index < -0.39 is 0 Å². The second-order valence-electron chi connectivity index (χ2n) is 6.84. The Morgan fingerprint density at radius 3 is 2.67 bits per heavy atom. The van der Waals surface area contributed by atoms with E-state index in [1.165, 1.54) is 12.8 Å². The van der Waals surface area contributed by atoms with E-state index in [1.54, 1.807) is 0 Å². The lowest BCUT2D eigenvalue weighted by molar-refractivity contribution is -0.131. The Morgan fingerprint density at radius 1 is 1.12 bits per heavy atom. The first-order valence-corrected chi connectivity index (χ1v) is 9.17. The van der Waals surface area contributed by atoms with Crippen molar-refractivity contribution in [3.05, 3.63) is 30.1 Å². The molecule has 5 nitrogen and oxygen atoms in total. The molecular weight excluding hydrogens is 302 g/mol. The van der Waals surface area contributed by atoms with E-state index in [-0.39, 0.29) is 12.0 Å². The molecule has 4 rings (SSSR count). The van der Waals surface area contributed by atoms with Gasteiger partial charge in [0, 0.05) is 19.7 Å². The van der Waals surface area contributed by atoms with Gasteiger partial charge < -0.3 is 14.2 Å². The van der Waals surface area contributed by atoms with Crippen molar-refractivity contribution < 1.29 is 9.53 Å². The Bertz CT molecular complexity index is 710. The average Bonchev–Trinajstić information content (AvgIpc) is 3.16. The molecule has 0 saturated carbocycles. The van der Waals surface area contributed by atoms with Crippen LogP contribution in [0.4, 0.5) is 0 Å². The number of hydrogen-bond donors (Lipinski definition) is 0. The molecule has 0 aliphatic carbocycles. The first-order valence-electron chi connectivity index (χ1n) is 9.17. The van der Waals surface area contributed by atoms with Gasteiger partial charge in [0.2, 0.25) is 5.91 Å². The Hall–Kier alpha value is -1.88. The minimum atomic E-state index is 0.0225. The molecule has 0 bridgehead atoms. The van der Waals surface area contributed by atoms with Crippen molar-refractivity contribution in [2.75, 3.05) is 19.7 Å². The standard InChI is InChI=1S/C19H25N3O2/c23-18(21-11-5-1-2-6-12-21)14-22-16-9-4-3-8-15(16)20-19(22)17-10-7-13-24-17/h3-4,8-9,17H,1-2,5-7,10-14H2. The Morgan fingerprint density at radius 2 is 1.92 bits per heavy atom. The lowest BCUT2D eigenvalue weighted by atomic mass is 10.2. The summed E-state index contributed by atoms with van der Waals surface area (Å²) in [4.78, 5) is 19.7. The highest BCUT2D eigenvalue weighted by Crippen LogP contribution is 2.30. The maximum atomic E-state index is 12.9. The van der Waals surface area contributed by atoms with Crippen molar-refractivity contribution in [1.82, 2.24) is 14.5 Å². The summed E-state index contributed by atoms with van der Waals surface area (Å²) >= 11 is 0. The molecule has 2 aliphatic heterocycles. The van der Waals surface area contributed by atoms with E-state index in [1.807, 2.05) is 23.1 Å². The third-order valence-electron chi connectivity index (χ3n) is 5.15. The van der Waals surface area contributed by atoms with Crippen LogP contribution in [-0.2, 0) is 16.1 Å². The summed E-state index contributed by atoms with van der Waals surface area (Å²) in [5.41, 5.74) is 1.98. The largest absolute Gasteiger partial charge is 0.370 e. The summed E-state index contributed by atoms with van der Waals surface area (Å²) in [6.45, 7) is 2.94. The zero-order valence-electron chi connectivity index (χ0n) is 14.1. The number of fused-ring (bicyclic) bond motifs is 1.